The molecule has 1 amide bonds. The molecule has 11 heteroatoms. The molecule has 0 radical (unpaired) electrons. The Kier molecular flexibility index (Phi) is 5.98. The molecule has 1 aliphatic rings. The fourth-order valence-electron chi connectivity index (χ4n) is 3.74. The predicted octanol–water partition coefficient (Wildman–Crippen LogP) is 3.64. The SMILES string of the molecule is COC(=O)N1CCOC(Cc2c(-c3c(F)cc(C(=O)O)cc3F)nc3cc(Cl)ccn23)C1. The molecular weight excluding hydrogens is 448 g/mol. The molecule has 3 heterocycles. The van der Waals surface area contributed by atoms with Crippen LogP contribution in [0.15, 0.2) is 30.5 Å². The van der Waals surface area contributed by atoms with Gasteiger partial charge >= 0.3 is 12.1 Å². The summed E-state index contributed by atoms with van der Waals surface area (Å²) in [5.41, 5.74) is -0.191. The molecule has 1 unspecified atom stereocenters. The van der Waals surface area contributed by atoms with Crippen molar-refractivity contribution in [3.8, 4) is 11.3 Å². The van der Waals surface area contributed by atoms with E-state index >= 15 is 0 Å². The number of carbonyl (C=O) groups is 2. The van der Waals surface area contributed by atoms with Crippen LogP contribution in [0, 0.1) is 11.6 Å². The molecule has 0 bridgehead atoms. The number of pyridine rings is 1. The summed E-state index contributed by atoms with van der Waals surface area (Å²) in [4.78, 5) is 28.9. The zero-order valence-corrected chi connectivity index (χ0v) is 17.6. The van der Waals surface area contributed by atoms with E-state index in [1.807, 2.05) is 0 Å². The number of aromatic carboxylic acids is 1. The molecule has 1 saturated heterocycles. The fourth-order valence-corrected chi connectivity index (χ4v) is 3.90. The molecule has 32 heavy (non-hydrogen) atoms. The number of nitrogens with zero attached hydrogens (tertiary/aromatic N) is 3. The zero-order chi connectivity index (χ0) is 23.0. The normalized spacial score (nSPS) is 16.4. The number of morpholine rings is 1. The Hall–Kier alpha value is -3.24. The van der Waals surface area contributed by atoms with Crippen molar-refractivity contribution >= 4 is 29.3 Å². The molecule has 1 aromatic carbocycles. The molecular formula is C21H18ClF2N3O5. The highest BCUT2D eigenvalue weighted by Gasteiger charge is 2.29. The van der Waals surface area contributed by atoms with Crippen molar-refractivity contribution in [3.63, 3.8) is 0 Å². The summed E-state index contributed by atoms with van der Waals surface area (Å²) in [6, 6.07) is 4.64. The highest BCUT2D eigenvalue weighted by molar-refractivity contribution is 6.30. The number of aromatic nitrogens is 2. The van der Waals surface area contributed by atoms with Crippen LogP contribution in [-0.2, 0) is 15.9 Å². The minimum absolute atomic E-state index is 0.00185. The Morgan fingerprint density at radius 2 is 2.03 bits per heavy atom. The standard InChI is InChI=1S/C21H18ClF2N3O5/c1-31-21(30)26-4-5-32-13(10-26)9-16-19(25-17-8-12(22)2-3-27(16)17)18-14(23)6-11(20(28)29)7-15(18)24/h2-3,6-8,13H,4-5,9-10H2,1H3,(H,28,29). The van der Waals surface area contributed by atoms with Gasteiger partial charge in [0.05, 0.1) is 48.9 Å². The first-order valence-electron chi connectivity index (χ1n) is 9.62. The van der Waals surface area contributed by atoms with Gasteiger partial charge in [0.2, 0.25) is 0 Å². The first-order chi connectivity index (χ1) is 15.3. The number of rotatable bonds is 4. The number of methoxy groups -OCH3 is 1. The van der Waals surface area contributed by atoms with Gasteiger partial charge in [-0.2, -0.15) is 0 Å². The van der Waals surface area contributed by atoms with E-state index in [1.165, 1.54) is 12.0 Å². The minimum Gasteiger partial charge on any atom is -0.478 e. The summed E-state index contributed by atoms with van der Waals surface area (Å²) in [7, 11) is 1.28. The number of halogens is 3. The summed E-state index contributed by atoms with van der Waals surface area (Å²) in [6.07, 6.45) is 0.809. The third-order valence-electron chi connectivity index (χ3n) is 5.21. The number of carboxylic acids is 1. The van der Waals surface area contributed by atoms with Crippen LogP contribution in [0.4, 0.5) is 13.6 Å². The second-order valence-corrected chi connectivity index (χ2v) is 7.65. The summed E-state index contributed by atoms with van der Waals surface area (Å²) in [5, 5.41) is 9.46. The fraction of sp³-hybridized carbons (Fsp3) is 0.286. The van der Waals surface area contributed by atoms with Gasteiger partial charge in [0.15, 0.2) is 0 Å². The van der Waals surface area contributed by atoms with Crippen molar-refractivity contribution in [1.82, 2.24) is 14.3 Å². The molecule has 1 fully saturated rings. The molecule has 168 valence electrons. The average Bonchev–Trinajstić information content (AvgIpc) is 3.09. The molecule has 3 aromatic rings. The number of benzene rings is 1. The maximum absolute atomic E-state index is 14.9. The molecule has 0 saturated carbocycles. The summed E-state index contributed by atoms with van der Waals surface area (Å²) in [5.74, 6) is -3.56. The number of ether oxygens (including phenoxy) is 2. The van der Waals surface area contributed by atoms with Crippen molar-refractivity contribution in [2.45, 2.75) is 12.5 Å². The number of hydrogen-bond donors (Lipinski definition) is 1. The Labute approximate surface area is 185 Å². The molecule has 0 spiro atoms. The van der Waals surface area contributed by atoms with Gasteiger partial charge in [-0.15, -0.1) is 0 Å². The summed E-state index contributed by atoms with van der Waals surface area (Å²) in [6.45, 7) is 0.849. The van der Waals surface area contributed by atoms with Crippen LogP contribution in [0.5, 0.6) is 0 Å². The number of imidazole rings is 1. The van der Waals surface area contributed by atoms with Gasteiger partial charge in [-0.1, -0.05) is 11.6 Å². The van der Waals surface area contributed by atoms with Crippen LogP contribution < -0.4 is 0 Å². The smallest absolute Gasteiger partial charge is 0.409 e. The van der Waals surface area contributed by atoms with Crippen LogP contribution in [0.25, 0.3) is 16.9 Å². The van der Waals surface area contributed by atoms with Gasteiger partial charge in [-0.25, -0.2) is 23.4 Å². The lowest BCUT2D eigenvalue weighted by molar-refractivity contribution is -0.0241. The van der Waals surface area contributed by atoms with Gasteiger partial charge in [0, 0.05) is 30.3 Å². The van der Waals surface area contributed by atoms with Crippen LogP contribution in [0.1, 0.15) is 16.1 Å². The number of carbonyl (C=O) groups excluding carboxylic acids is 1. The van der Waals surface area contributed by atoms with Gasteiger partial charge in [0.25, 0.3) is 0 Å². The Balaban J connectivity index is 1.80. The maximum Gasteiger partial charge on any atom is 0.409 e. The summed E-state index contributed by atoms with van der Waals surface area (Å²) >= 11 is 6.06. The zero-order valence-electron chi connectivity index (χ0n) is 16.8. The monoisotopic (exact) mass is 465 g/mol. The topological polar surface area (TPSA) is 93.4 Å². The number of hydrogen-bond acceptors (Lipinski definition) is 5. The molecule has 2 aromatic heterocycles. The van der Waals surface area contributed by atoms with Crippen LogP contribution in [0.2, 0.25) is 5.02 Å². The molecule has 4 rings (SSSR count). The maximum atomic E-state index is 14.9. The first kappa shape index (κ1) is 22.0. The largest absolute Gasteiger partial charge is 0.478 e. The third-order valence-corrected chi connectivity index (χ3v) is 5.44. The highest BCUT2D eigenvalue weighted by atomic mass is 35.5. The second kappa shape index (κ2) is 8.71. The number of amides is 1. The molecule has 1 atom stereocenters. The lowest BCUT2D eigenvalue weighted by atomic mass is 10.0. The van der Waals surface area contributed by atoms with Crippen LogP contribution in [0.3, 0.4) is 0 Å². The van der Waals surface area contributed by atoms with Gasteiger partial charge in [0.1, 0.15) is 17.3 Å². The number of carboxylic acid groups (broad SMARTS) is 1. The number of fused-ring (bicyclic) bond motifs is 1. The quantitative estimate of drug-likeness (QED) is 0.632. The van der Waals surface area contributed by atoms with Crippen molar-refractivity contribution < 1.29 is 33.0 Å². The van der Waals surface area contributed by atoms with E-state index in [9.17, 15) is 18.4 Å². The van der Waals surface area contributed by atoms with E-state index in [4.69, 9.17) is 26.2 Å². The van der Waals surface area contributed by atoms with Crippen molar-refractivity contribution in [2.24, 2.45) is 0 Å². The van der Waals surface area contributed by atoms with Crippen molar-refractivity contribution in [2.75, 3.05) is 26.8 Å². The molecule has 1 aliphatic heterocycles. The third kappa shape index (κ3) is 4.11. The van der Waals surface area contributed by atoms with E-state index in [0.29, 0.717) is 22.9 Å². The van der Waals surface area contributed by atoms with Crippen molar-refractivity contribution in [1.29, 1.82) is 0 Å². The Morgan fingerprint density at radius 1 is 1.31 bits per heavy atom. The molecule has 0 aliphatic carbocycles. The second-order valence-electron chi connectivity index (χ2n) is 7.21. The van der Waals surface area contributed by atoms with E-state index in [0.717, 1.165) is 12.1 Å². The van der Waals surface area contributed by atoms with Gasteiger partial charge in [-0.3, -0.25) is 0 Å². The van der Waals surface area contributed by atoms with Gasteiger partial charge < -0.3 is 23.9 Å². The van der Waals surface area contributed by atoms with Crippen molar-refractivity contribution in [3.05, 3.63) is 58.4 Å². The Morgan fingerprint density at radius 3 is 2.69 bits per heavy atom. The lowest BCUT2D eigenvalue weighted by Gasteiger charge is -2.32. The first-order valence-corrected chi connectivity index (χ1v) is 10.00. The van der Waals surface area contributed by atoms with E-state index in [2.05, 4.69) is 4.98 Å². The van der Waals surface area contributed by atoms with Crippen LogP contribution in [-0.4, -0.2) is 64.4 Å². The highest BCUT2D eigenvalue weighted by Crippen LogP contribution is 2.32. The van der Waals surface area contributed by atoms with Gasteiger partial charge in [-0.05, 0) is 18.2 Å². The van der Waals surface area contributed by atoms with Crippen LogP contribution >= 0.6 is 11.6 Å². The average molecular weight is 466 g/mol. The van der Waals surface area contributed by atoms with E-state index in [-0.39, 0.29) is 25.3 Å². The lowest BCUT2D eigenvalue weighted by Crippen LogP contribution is -2.46. The molecule has 8 nitrogen and oxygen atoms in total. The minimum atomic E-state index is -1.45. The molecule has 1 N–H and O–H groups in total. The van der Waals surface area contributed by atoms with E-state index in [1.54, 1.807) is 22.7 Å². The predicted molar refractivity (Wildman–Crippen MR) is 110 cm³/mol. The summed E-state index contributed by atoms with van der Waals surface area (Å²) < 4.78 is 41.9. The Bertz CT molecular complexity index is 1190. The van der Waals surface area contributed by atoms with E-state index < -0.39 is 40.9 Å².